The van der Waals surface area contributed by atoms with Crippen molar-refractivity contribution in [3.63, 3.8) is 0 Å². The van der Waals surface area contributed by atoms with Crippen LogP contribution in [0.15, 0.2) is 89.8 Å². The predicted molar refractivity (Wildman–Crippen MR) is 141 cm³/mol. The molecule has 0 atom stereocenters. The van der Waals surface area contributed by atoms with Crippen molar-refractivity contribution in [2.24, 2.45) is 4.99 Å². The Hall–Kier alpha value is -3.80. The van der Waals surface area contributed by atoms with E-state index in [9.17, 15) is 9.59 Å². The van der Waals surface area contributed by atoms with Gasteiger partial charge < -0.3 is 5.32 Å². The van der Waals surface area contributed by atoms with E-state index in [1.165, 1.54) is 6.92 Å². The number of nitrogens with zero attached hydrogens (tertiary/aromatic N) is 3. The average Bonchev–Trinajstić information content (AvgIpc) is 3.55. The molecule has 0 bridgehead atoms. The van der Waals surface area contributed by atoms with Gasteiger partial charge in [-0.25, -0.2) is 4.68 Å². The molecule has 2 rings (SSSR count). The number of hydrogen-bond acceptors (Lipinski definition) is 4. The molecule has 0 aromatic carbocycles. The van der Waals surface area contributed by atoms with Crippen molar-refractivity contribution in [1.29, 1.82) is 0 Å². The minimum Gasteiger partial charge on any atom is -0.322 e. The van der Waals surface area contributed by atoms with E-state index in [1.54, 1.807) is 31.6 Å². The van der Waals surface area contributed by atoms with Gasteiger partial charge in [-0.2, -0.15) is 5.10 Å². The van der Waals surface area contributed by atoms with Crippen molar-refractivity contribution in [2.75, 3.05) is 7.05 Å². The van der Waals surface area contributed by atoms with Gasteiger partial charge in [-0.05, 0) is 69.4 Å². The second-order valence-corrected chi connectivity index (χ2v) is 8.24. The molecule has 1 aromatic rings. The fraction of sp³-hybridized carbons (Fsp3) is 0.286. The van der Waals surface area contributed by atoms with Crippen LogP contribution in [0.2, 0.25) is 0 Å². The summed E-state index contributed by atoms with van der Waals surface area (Å²) in [5.74, 6) is -0.0163. The van der Waals surface area contributed by atoms with Crippen LogP contribution in [-0.4, -0.2) is 34.7 Å². The highest BCUT2D eigenvalue weighted by Gasteiger charge is 2.33. The lowest BCUT2D eigenvalue weighted by Crippen LogP contribution is -2.23. The van der Waals surface area contributed by atoms with Crippen molar-refractivity contribution in [3.8, 4) is 0 Å². The number of nitrogens with one attached hydrogen (secondary N) is 1. The fourth-order valence-electron chi connectivity index (χ4n) is 3.33. The Morgan fingerprint density at radius 2 is 1.94 bits per heavy atom. The number of hydrogen-bond donors (Lipinski definition) is 1. The van der Waals surface area contributed by atoms with Gasteiger partial charge in [0.05, 0.1) is 23.2 Å². The smallest absolute Gasteiger partial charge is 0.259 e. The van der Waals surface area contributed by atoms with Gasteiger partial charge in [0, 0.05) is 24.9 Å². The maximum atomic E-state index is 13.1. The molecule has 1 amide bonds. The van der Waals surface area contributed by atoms with Crippen LogP contribution in [0, 0.1) is 0 Å². The van der Waals surface area contributed by atoms with E-state index < -0.39 is 0 Å². The maximum Gasteiger partial charge on any atom is 0.259 e. The van der Waals surface area contributed by atoms with Crippen LogP contribution in [0.3, 0.4) is 0 Å². The van der Waals surface area contributed by atoms with Gasteiger partial charge in [-0.15, -0.1) is 0 Å². The summed E-state index contributed by atoms with van der Waals surface area (Å²) >= 11 is 0. The van der Waals surface area contributed by atoms with Crippen molar-refractivity contribution in [1.82, 2.24) is 15.1 Å². The molecule has 0 aliphatic heterocycles. The molecule has 0 spiro atoms. The van der Waals surface area contributed by atoms with Gasteiger partial charge in [0.2, 0.25) is 0 Å². The van der Waals surface area contributed by atoms with Crippen LogP contribution in [0.5, 0.6) is 0 Å². The lowest BCUT2D eigenvalue weighted by atomic mass is 10.0. The summed E-state index contributed by atoms with van der Waals surface area (Å²) in [6, 6.07) is 0. The highest BCUT2D eigenvalue weighted by Crippen LogP contribution is 2.43. The number of aliphatic imine (C=N–C) groups is 1. The van der Waals surface area contributed by atoms with E-state index >= 15 is 0 Å². The lowest BCUT2D eigenvalue weighted by Gasteiger charge is -2.13. The molecule has 0 radical (unpaired) electrons. The number of rotatable bonds is 12. The minimum absolute atomic E-state index is 0.0211. The zero-order chi connectivity index (χ0) is 25.3. The molecular formula is C28H34N4O2. The second kappa shape index (κ2) is 12.4. The third-order valence-electron chi connectivity index (χ3n) is 5.34. The van der Waals surface area contributed by atoms with Crippen molar-refractivity contribution in [2.45, 2.75) is 46.0 Å². The minimum atomic E-state index is -0.246. The Bertz CT molecular complexity index is 1140. The Morgan fingerprint density at radius 1 is 1.24 bits per heavy atom. The second-order valence-electron chi connectivity index (χ2n) is 8.24. The molecule has 1 fully saturated rings. The van der Waals surface area contributed by atoms with Gasteiger partial charge in [0.25, 0.3) is 5.91 Å². The summed E-state index contributed by atoms with van der Waals surface area (Å²) in [5, 5.41) is 7.46. The standard InChI is InChI=1S/C28H34N4O2/c1-8-10-20(4)26(14-11-19(3)17-21(5)22(6)33)32-27(23-12-13-23)25(18-30-32)28(34)31-24(9-2)15-16-29-7/h8-11,14-16,18,23H,2,4-5,12-13,17H2,1,3,6-7H3,(H,31,34)/b10-8-,19-11-,24-15+,26-14+,29-16?. The van der Waals surface area contributed by atoms with Crippen LogP contribution in [0.4, 0.5) is 0 Å². The highest BCUT2D eigenvalue weighted by atomic mass is 16.1. The molecule has 1 aliphatic carbocycles. The first-order valence-electron chi connectivity index (χ1n) is 11.3. The zero-order valence-electron chi connectivity index (χ0n) is 20.6. The van der Waals surface area contributed by atoms with E-state index in [0.717, 1.165) is 35.4 Å². The third kappa shape index (κ3) is 7.10. The average molecular weight is 459 g/mol. The van der Waals surface area contributed by atoms with E-state index in [0.29, 0.717) is 23.3 Å². The maximum absolute atomic E-state index is 13.1. The van der Waals surface area contributed by atoms with Crippen LogP contribution >= 0.6 is 0 Å². The third-order valence-corrected chi connectivity index (χ3v) is 5.34. The van der Waals surface area contributed by atoms with Gasteiger partial charge in [-0.1, -0.05) is 43.5 Å². The fourth-order valence-corrected chi connectivity index (χ4v) is 3.33. The SMILES string of the molecule is C=C/C(=C\C=NC)NC(=O)c1cnn(/C(=C/C=C(/C)CC(=C)C(C)=O)C(=C)/C=C\C)c1C1CC1. The summed E-state index contributed by atoms with van der Waals surface area (Å²) in [6.45, 7) is 17.2. The summed E-state index contributed by atoms with van der Waals surface area (Å²) in [5.41, 5.74) is 5.02. The summed E-state index contributed by atoms with van der Waals surface area (Å²) in [6.07, 6.45) is 16.6. The first-order chi connectivity index (χ1) is 16.2. The van der Waals surface area contributed by atoms with Gasteiger partial charge in [0.1, 0.15) is 0 Å². The molecule has 1 heterocycles. The lowest BCUT2D eigenvalue weighted by molar-refractivity contribution is -0.113. The Morgan fingerprint density at radius 3 is 2.50 bits per heavy atom. The number of aromatic nitrogens is 2. The zero-order valence-corrected chi connectivity index (χ0v) is 20.6. The number of carbonyl (C=O) groups is 2. The Labute approximate surface area is 202 Å². The quantitative estimate of drug-likeness (QED) is 0.247. The molecule has 6 nitrogen and oxygen atoms in total. The van der Waals surface area contributed by atoms with E-state index in [-0.39, 0.29) is 17.6 Å². The summed E-state index contributed by atoms with van der Waals surface area (Å²) in [7, 11) is 1.66. The van der Waals surface area contributed by atoms with Crippen molar-refractivity contribution >= 4 is 23.6 Å². The molecular weight excluding hydrogens is 424 g/mol. The van der Waals surface area contributed by atoms with E-state index in [2.05, 4.69) is 35.1 Å². The van der Waals surface area contributed by atoms with E-state index in [1.807, 2.05) is 42.8 Å². The monoisotopic (exact) mass is 458 g/mol. The number of amides is 1. The van der Waals surface area contributed by atoms with Crippen molar-refractivity contribution in [3.05, 3.63) is 96.1 Å². The number of allylic oxidation sites excluding steroid dienone is 10. The molecule has 34 heavy (non-hydrogen) atoms. The van der Waals surface area contributed by atoms with Gasteiger partial charge in [0.15, 0.2) is 5.78 Å². The molecule has 178 valence electrons. The number of Topliss-reactive ketones (excluding diaryl/α,β-unsaturated/α-hetero) is 1. The summed E-state index contributed by atoms with van der Waals surface area (Å²) in [4.78, 5) is 28.6. The largest absolute Gasteiger partial charge is 0.322 e. The summed E-state index contributed by atoms with van der Waals surface area (Å²) < 4.78 is 1.81. The number of carbonyl (C=O) groups excluding carboxylic acids is 2. The van der Waals surface area contributed by atoms with Crippen LogP contribution in [-0.2, 0) is 4.79 Å². The normalized spacial score (nSPS) is 15.1. The van der Waals surface area contributed by atoms with E-state index in [4.69, 9.17) is 0 Å². The van der Waals surface area contributed by atoms with Gasteiger partial charge in [-0.3, -0.25) is 14.6 Å². The predicted octanol–water partition coefficient (Wildman–Crippen LogP) is 5.72. The molecule has 1 aromatic heterocycles. The molecule has 1 saturated carbocycles. The molecule has 0 unspecified atom stereocenters. The first kappa shape index (κ1) is 26.5. The Kier molecular flexibility index (Phi) is 9.68. The first-order valence-corrected chi connectivity index (χ1v) is 11.3. The van der Waals surface area contributed by atoms with Crippen LogP contribution < -0.4 is 5.32 Å². The molecule has 6 heteroatoms. The molecule has 1 N–H and O–H groups in total. The van der Waals surface area contributed by atoms with Crippen molar-refractivity contribution < 1.29 is 9.59 Å². The molecule has 1 aliphatic rings. The topological polar surface area (TPSA) is 76.3 Å². The van der Waals surface area contributed by atoms with Crippen LogP contribution in [0.25, 0.3) is 5.70 Å². The number of ketones is 1. The molecule has 0 saturated heterocycles. The Balaban J connectivity index is 2.50. The van der Waals surface area contributed by atoms with Gasteiger partial charge >= 0.3 is 0 Å². The highest BCUT2D eigenvalue weighted by molar-refractivity contribution is 5.97. The van der Waals surface area contributed by atoms with Crippen LogP contribution in [0.1, 0.15) is 62.0 Å².